The van der Waals surface area contributed by atoms with Crippen molar-refractivity contribution >= 4 is 17.5 Å². The zero-order chi connectivity index (χ0) is 12.7. The van der Waals surface area contributed by atoms with E-state index in [1.165, 1.54) is 0 Å². The van der Waals surface area contributed by atoms with E-state index in [-0.39, 0.29) is 12.5 Å². The van der Waals surface area contributed by atoms with Gasteiger partial charge in [-0.25, -0.2) is 0 Å². The first-order valence-electron chi connectivity index (χ1n) is 5.24. The van der Waals surface area contributed by atoms with Crippen LogP contribution < -0.4 is 4.74 Å². The molecule has 0 N–H and O–H groups in total. The number of halogens is 1. The number of hydrogen-bond acceptors (Lipinski definition) is 3. The highest BCUT2D eigenvalue weighted by atomic mass is 35.5. The number of rotatable bonds is 6. The van der Waals surface area contributed by atoms with Gasteiger partial charge in [0.05, 0.1) is 6.61 Å². The van der Waals surface area contributed by atoms with E-state index in [4.69, 9.17) is 21.1 Å². The van der Waals surface area contributed by atoms with Crippen LogP contribution in [0.4, 0.5) is 0 Å². The Morgan fingerprint density at radius 3 is 2.59 bits per heavy atom. The molecule has 0 aliphatic carbocycles. The molecule has 94 valence electrons. The number of carbonyl (C=O) groups excluding carboxylic acids is 1. The lowest BCUT2D eigenvalue weighted by Gasteiger charge is -2.16. The van der Waals surface area contributed by atoms with E-state index in [1.807, 2.05) is 0 Å². The Balaban J connectivity index is 2.34. The van der Waals surface area contributed by atoms with Crippen molar-refractivity contribution in [2.24, 2.45) is 0 Å². The number of amides is 1. The summed E-state index contributed by atoms with van der Waals surface area (Å²) in [6, 6.07) is 6.89. The lowest BCUT2D eigenvalue weighted by Crippen LogP contribution is -2.33. The van der Waals surface area contributed by atoms with Gasteiger partial charge in [-0.3, -0.25) is 4.79 Å². The van der Waals surface area contributed by atoms with Gasteiger partial charge in [-0.15, -0.1) is 0 Å². The minimum atomic E-state index is -0.0861. The van der Waals surface area contributed by atoms with Crippen LogP contribution in [0.15, 0.2) is 24.3 Å². The maximum atomic E-state index is 11.6. The first-order valence-corrected chi connectivity index (χ1v) is 5.62. The Labute approximate surface area is 106 Å². The van der Waals surface area contributed by atoms with Crippen LogP contribution >= 0.6 is 11.6 Å². The Morgan fingerprint density at radius 1 is 1.35 bits per heavy atom. The standard InChI is InChI=1S/C12H16ClNO3/c1-14(7-8-16-2)12(15)9-17-11-5-3-10(13)4-6-11/h3-6H,7-9H2,1-2H3. The summed E-state index contributed by atoms with van der Waals surface area (Å²) in [5.74, 6) is 0.542. The number of likely N-dealkylation sites (N-methyl/N-ethyl adjacent to an activating group) is 1. The number of benzene rings is 1. The molecule has 17 heavy (non-hydrogen) atoms. The topological polar surface area (TPSA) is 38.8 Å². The van der Waals surface area contributed by atoms with Crippen LogP contribution in [0.5, 0.6) is 5.75 Å². The van der Waals surface area contributed by atoms with Crippen molar-refractivity contribution in [2.75, 3.05) is 33.9 Å². The Morgan fingerprint density at radius 2 is 2.00 bits per heavy atom. The molecular formula is C12H16ClNO3. The van der Waals surface area contributed by atoms with E-state index in [9.17, 15) is 4.79 Å². The van der Waals surface area contributed by atoms with Crippen LogP contribution in [0.3, 0.4) is 0 Å². The molecule has 1 amide bonds. The lowest BCUT2D eigenvalue weighted by atomic mass is 10.3. The zero-order valence-electron chi connectivity index (χ0n) is 9.98. The van der Waals surface area contributed by atoms with Gasteiger partial charge in [0.1, 0.15) is 5.75 Å². The normalized spacial score (nSPS) is 10.1. The molecule has 0 radical (unpaired) electrons. The smallest absolute Gasteiger partial charge is 0.260 e. The highest BCUT2D eigenvalue weighted by molar-refractivity contribution is 6.30. The fourth-order valence-electron chi connectivity index (χ4n) is 1.14. The summed E-state index contributed by atoms with van der Waals surface area (Å²) in [7, 11) is 3.31. The zero-order valence-corrected chi connectivity index (χ0v) is 10.7. The van der Waals surface area contributed by atoms with Crippen molar-refractivity contribution in [2.45, 2.75) is 0 Å². The van der Waals surface area contributed by atoms with Gasteiger partial charge < -0.3 is 14.4 Å². The number of ether oxygens (including phenoxy) is 2. The third-order valence-electron chi connectivity index (χ3n) is 2.23. The van der Waals surface area contributed by atoms with Crippen molar-refractivity contribution in [3.05, 3.63) is 29.3 Å². The van der Waals surface area contributed by atoms with Crippen molar-refractivity contribution in [1.82, 2.24) is 4.90 Å². The molecule has 1 rings (SSSR count). The minimum absolute atomic E-state index is 0.0157. The quantitative estimate of drug-likeness (QED) is 0.780. The molecule has 5 heteroatoms. The van der Waals surface area contributed by atoms with Gasteiger partial charge in [0.25, 0.3) is 5.91 Å². The number of carbonyl (C=O) groups is 1. The molecule has 0 spiro atoms. The Kier molecular flexibility index (Phi) is 5.80. The maximum absolute atomic E-state index is 11.6. The summed E-state index contributed by atoms with van der Waals surface area (Å²) in [6.07, 6.45) is 0. The maximum Gasteiger partial charge on any atom is 0.260 e. The molecule has 0 aliphatic rings. The minimum Gasteiger partial charge on any atom is -0.484 e. The van der Waals surface area contributed by atoms with Gasteiger partial charge in [-0.2, -0.15) is 0 Å². The van der Waals surface area contributed by atoms with E-state index in [0.29, 0.717) is 23.9 Å². The van der Waals surface area contributed by atoms with Crippen molar-refractivity contribution in [1.29, 1.82) is 0 Å². The van der Waals surface area contributed by atoms with Crippen LogP contribution in [0.1, 0.15) is 0 Å². The molecule has 1 aromatic rings. The molecule has 0 saturated carbocycles. The average molecular weight is 258 g/mol. The SMILES string of the molecule is COCCN(C)C(=O)COc1ccc(Cl)cc1. The first-order chi connectivity index (χ1) is 8.13. The van der Waals surface area contributed by atoms with E-state index >= 15 is 0 Å². The Hall–Kier alpha value is -1.26. The van der Waals surface area contributed by atoms with E-state index in [2.05, 4.69) is 0 Å². The lowest BCUT2D eigenvalue weighted by molar-refractivity contribution is -0.132. The number of methoxy groups -OCH3 is 1. The summed E-state index contributed by atoms with van der Waals surface area (Å²) in [5.41, 5.74) is 0. The molecule has 1 aromatic carbocycles. The predicted octanol–water partition coefficient (Wildman–Crippen LogP) is 1.82. The molecule has 0 atom stereocenters. The molecule has 0 fully saturated rings. The van der Waals surface area contributed by atoms with Gasteiger partial charge in [0, 0.05) is 25.7 Å². The average Bonchev–Trinajstić information content (AvgIpc) is 2.34. The molecule has 0 bridgehead atoms. The molecule has 0 unspecified atom stereocenters. The first kappa shape index (κ1) is 13.8. The summed E-state index contributed by atoms with van der Waals surface area (Å²) in [5, 5.41) is 0.640. The second-order valence-electron chi connectivity index (χ2n) is 3.55. The largest absolute Gasteiger partial charge is 0.484 e. The van der Waals surface area contributed by atoms with Crippen LogP contribution in [0.25, 0.3) is 0 Å². The van der Waals surface area contributed by atoms with Gasteiger partial charge in [0.2, 0.25) is 0 Å². The summed E-state index contributed by atoms with van der Waals surface area (Å²) in [4.78, 5) is 13.2. The predicted molar refractivity (Wildman–Crippen MR) is 66.5 cm³/mol. The molecule has 0 saturated heterocycles. The molecule has 0 heterocycles. The molecule has 0 aliphatic heterocycles. The van der Waals surface area contributed by atoms with Crippen LogP contribution in [0, 0.1) is 0 Å². The van der Waals surface area contributed by atoms with Gasteiger partial charge in [0.15, 0.2) is 6.61 Å². The van der Waals surface area contributed by atoms with Crippen LogP contribution in [0.2, 0.25) is 5.02 Å². The van der Waals surface area contributed by atoms with Gasteiger partial charge in [-0.05, 0) is 24.3 Å². The van der Waals surface area contributed by atoms with Crippen LogP contribution in [-0.4, -0.2) is 44.7 Å². The van der Waals surface area contributed by atoms with Gasteiger partial charge in [-0.1, -0.05) is 11.6 Å². The fraction of sp³-hybridized carbons (Fsp3) is 0.417. The molecule has 4 nitrogen and oxygen atoms in total. The highest BCUT2D eigenvalue weighted by Crippen LogP contribution is 2.15. The van der Waals surface area contributed by atoms with Crippen molar-refractivity contribution in [3.8, 4) is 5.75 Å². The summed E-state index contributed by atoms with van der Waals surface area (Å²) < 4.78 is 10.2. The van der Waals surface area contributed by atoms with E-state index < -0.39 is 0 Å². The summed E-state index contributed by atoms with van der Waals surface area (Å²) in [6.45, 7) is 1.09. The van der Waals surface area contributed by atoms with E-state index in [0.717, 1.165) is 0 Å². The Bertz CT molecular complexity index is 353. The highest BCUT2D eigenvalue weighted by Gasteiger charge is 2.08. The number of hydrogen-bond donors (Lipinski definition) is 0. The fourth-order valence-corrected chi connectivity index (χ4v) is 1.26. The van der Waals surface area contributed by atoms with Crippen molar-refractivity contribution < 1.29 is 14.3 Å². The van der Waals surface area contributed by atoms with Crippen LogP contribution in [-0.2, 0) is 9.53 Å². The molecular weight excluding hydrogens is 242 g/mol. The third kappa shape index (κ3) is 5.06. The number of nitrogens with zero attached hydrogens (tertiary/aromatic N) is 1. The molecule has 0 aromatic heterocycles. The third-order valence-corrected chi connectivity index (χ3v) is 2.48. The second kappa shape index (κ2) is 7.14. The summed E-state index contributed by atoms with van der Waals surface area (Å²) >= 11 is 5.74. The monoisotopic (exact) mass is 257 g/mol. The van der Waals surface area contributed by atoms with Gasteiger partial charge >= 0.3 is 0 Å². The van der Waals surface area contributed by atoms with Crippen molar-refractivity contribution in [3.63, 3.8) is 0 Å². The van der Waals surface area contributed by atoms with E-state index in [1.54, 1.807) is 43.3 Å². The second-order valence-corrected chi connectivity index (χ2v) is 3.99.